The van der Waals surface area contributed by atoms with Gasteiger partial charge in [-0.3, -0.25) is 11.3 Å². The molecule has 2 rings (SSSR count). The summed E-state index contributed by atoms with van der Waals surface area (Å²) < 4.78 is 32.4. The summed E-state index contributed by atoms with van der Waals surface area (Å²) >= 11 is 0. The van der Waals surface area contributed by atoms with E-state index >= 15 is 0 Å². The van der Waals surface area contributed by atoms with E-state index in [0.29, 0.717) is 17.0 Å². The molecule has 1 aromatic rings. The van der Waals surface area contributed by atoms with Crippen LogP contribution in [0.25, 0.3) is 0 Å². The lowest BCUT2D eigenvalue weighted by atomic mass is 9.89. The van der Waals surface area contributed by atoms with E-state index in [-0.39, 0.29) is 6.04 Å². The Balaban J connectivity index is 2.14. The Labute approximate surface area is 112 Å². The van der Waals surface area contributed by atoms with Gasteiger partial charge in [0, 0.05) is 30.9 Å². The zero-order valence-corrected chi connectivity index (χ0v) is 11.1. The fraction of sp³-hybridized carbons (Fsp3) is 0.571. The van der Waals surface area contributed by atoms with Crippen molar-refractivity contribution < 1.29 is 13.5 Å². The highest BCUT2D eigenvalue weighted by atomic mass is 19.1. The fourth-order valence-electron chi connectivity index (χ4n) is 2.55. The molecule has 1 atom stereocenters. The quantitative estimate of drug-likeness (QED) is 0.653. The Morgan fingerprint density at radius 2 is 2.00 bits per heavy atom. The van der Waals surface area contributed by atoms with Crippen molar-refractivity contribution in [3.05, 3.63) is 34.9 Å². The second-order valence-electron chi connectivity index (χ2n) is 5.13. The number of nitrogens with two attached hydrogens (primary N) is 1. The van der Waals surface area contributed by atoms with Gasteiger partial charge in [-0.1, -0.05) is 0 Å². The second-order valence-corrected chi connectivity index (χ2v) is 5.13. The van der Waals surface area contributed by atoms with Crippen LogP contribution in [0.2, 0.25) is 0 Å². The maximum absolute atomic E-state index is 13.9. The molecule has 1 aromatic carbocycles. The minimum absolute atomic E-state index is 0.289. The van der Waals surface area contributed by atoms with Gasteiger partial charge in [-0.15, -0.1) is 0 Å². The van der Waals surface area contributed by atoms with Gasteiger partial charge in [-0.25, -0.2) is 8.78 Å². The molecule has 0 radical (unpaired) electrons. The molecule has 5 heteroatoms. The minimum Gasteiger partial charge on any atom is -0.381 e. The zero-order chi connectivity index (χ0) is 13.8. The fourth-order valence-corrected chi connectivity index (χ4v) is 2.55. The average molecular weight is 270 g/mol. The topological polar surface area (TPSA) is 47.3 Å². The molecule has 1 unspecified atom stereocenters. The van der Waals surface area contributed by atoms with E-state index in [1.807, 2.05) is 0 Å². The van der Waals surface area contributed by atoms with Gasteiger partial charge in [-0.2, -0.15) is 0 Å². The van der Waals surface area contributed by atoms with Crippen LogP contribution in [0.4, 0.5) is 8.78 Å². The summed E-state index contributed by atoms with van der Waals surface area (Å²) in [6, 6.07) is 2.18. The molecular formula is C14H20F2N2O. The van der Waals surface area contributed by atoms with Gasteiger partial charge < -0.3 is 4.74 Å². The Hall–Kier alpha value is -1.04. The highest BCUT2D eigenvalue weighted by Gasteiger charge is 2.22. The number of halogens is 2. The van der Waals surface area contributed by atoms with Gasteiger partial charge in [0.25, 0.3) is 0 Å². The molecule has 0 amide bonds. The van der Waals surface area contributed by atoms with Gasteiger partial charge in [-0.05, 0) is 43.7 Å². The van der Waals surface area contributed by atoms with Crippen molar-refractivity contribution >= 4 is 0 Å². The van der Waals surface area contributed by atoms with E-state index in [4.69, 9.17) is 10.6 Å². The third-order valence-electron chi connectivity index (χ3n) is 3.76. The maximum atomic E-state index is 13.9. The number of aryl methyl sites for hydroxylation is 1. The van der Waals surface area contributed by atoms with Gasteiger partial charge in [0.15, 0.2) is 0 Å². The molecule has 1 fully saturated rings. The van der Waals surface area contributed by atoms with Crippen LogP contribution >= 0.6 is 0 Å². The number of hydrogen-bond acceptors (Lipinski definition) is 3. The smallest absolute Gasteiger partial charge is 0.130 e. The van der Waals surface area contributed by atoms with Crippen molar-refractivity contribution in [1.82, 2.24) is 5.43 Å². The predicted octanol–water partition coefficient (Wildman–Crippen LogP) is 2.59. The highest BCUT2D eigenvalue weighted by Crippen LogP contribution is 2.29. The third kappa shape index (κ3) is 3.49. The molecule has 106 valence electrons. The first-order valence-electron chi connectivity index (χ1n) is 6.61. The van der Waals surface area contributed by atoms with Crippen LogP contribution < -0.4 is 11.3 Å². The highest BCUT2D eigenvalue weighted by molar-refractivity contribution is 5.28. The van der Waals surface area contributed by atoms with Crippen molar-refractivity contribution in [2.24, 2.45) is 11.8 Å². The van der Waals surface area contributed by atoms with Gasteiger partial charge in [0.1, 0.15) is 11.6 Å². The average Bonchev–Trinajstić information content (AvgIpc) is 2.42. The van der Waals surface area contributed by atoms with Crippen LogP contribution in [0.3, 0.4) is 0 Å². The molecule has 1 saturated heterocycles. The summed E-state index contributed by atoms with van der Waals surface area (Å²) in [4.78, 5) is 0. The Morgan fingerprint density at radius 1 is 1.32 bits per heavy atom. The van der Waals surface area contributed by atoms with Crippen LogP contribution in [-0.2, 0) is 4.74 Å². The SMILES string of the molecule is Cc1cc(C(CC2CCOCC2)NN)c(F)cc1F. The first-order chi connectivity index (χ1) is 9.11. The lowest BCUT2D eigenvalue weighted by Gasteiger charge is -2.27. The van der Waals surface area contributed by atoms with Crippen molar-refractivity contribution in [3.63, 3.8) is 0 Å². The van der Waals surface area contributed by atoms with Crippen LogP contribution in [0, 0.1) is 24.5 Å². The monoisotopic (exact) mass is 270 g/mol. The molecule has 3 N–H and O–H groups in total. The number of benzene rings is 1. The molecule has 3 nitrogen and oxygen atoms in total. The molecule has 0 spiro atoms. The van der Waals surface area contributed by atoms with Crippen LogP contribution in [0.1, 0.15) is 36.4 Å². The van der Waals surface area contributed by atoms with E-state index < -0.39 is 11.6 Å². The summed E-state index contributed by atoms with van der Waals surface area (Å²) in [6.07, 6.45) is 2.65. The second kappa shape index (κ2) is 6.41. The molecule has 0 saturated carbocycles. The first kappa shape index (κ1) is 14.4. The van der Waals surface area contributed by atoms with Crippen molar-refractivity contribution in [1.29, 1.82) is 0 Å². The normalized spacial score (nSPS) is 18.5. The van der Waals surface area contributed by atoms with Crippen LogP contribution in [0.15, 0.2) is 12.1 Å². The van der Waals surface area contributed by atoms with Gasteiger partial charge in [0.05, 0.1) is 0 Å². The number of hydrogen-bond donors (Lipinski definition) is 2. The molecule has 1 heterocycles. The number of nitrogens with one attached hydrogen (secondary N) is 1. The van der Waals surface area contributed by atoms with E-state index in [1.165, 1.54) is 6.07 Å². The van der Waals surface area contributed by atoms with Gasteiger partial charge >= 0.3 is 0 Å². The molecule has 0 aliphatic carbocycles. The lowest BCUT2D eigenvalue weighted by molar-refractivity contribution is 0.0604. The van der Waals surface area contributed by atoms with E-state index in [9.17, 15) is 8.78 Å². The van der Waals surface area contributed by atoms with E-state index in [1.54, 1.807) is 6.92 Å². The van der Waals surface area contributed by atoms with E-state index in [2.05, 4.69) is 5.43 Å². The summed E-state index contributed by atoms with van der Waals surface area (Å²) in [5, 5.41) is 0. The molecule has 0 bridgehead atoms. The largest absolute Gasteiger partial charge is 0.381 e. The minimum atomic E-state index is -0.543. The summed E-state index contributed by atoms with van der Waals surface area (Å²) in [5.41, 5.74) is 3.52. The van der Waals surface area contributed by atoms with Crippen molar-refractivity contribution in [2.45, 2.75) is 32.2 Å². The maximum Gasteiger partial charge on any atom is 0.130 e. The summed E-state index contributed by atoms with van der Waals surface area (Å²) in [6.45, 7) is 3.11. The van der Waals surface area contributed by atoms with Crippen molar-refractivity contribution in [2.75, 3.05) is 13.2 Å². The summed E-state index contributed by atoms with van der Waals surface area (Å²) in [7, 11) is 0. The number of rotatable bonds is 4. The van der Waals surface area contributed by atoms with Crippen LogP contribution in [-0.4, -0.2) is 13.2 Å². The Bertz CT molecular complexity index is 434. The van der Waals surface area contributed by atoms with Crippen LogP contribution in [0.5, 0.6) is 0 Å². The molecule has 19 heavy (non-hydrogen) atoms. The Kier molecular flexibility index (Phi) is 4.85. The number of ether oxygens (including phenoxy) is 1. The number of hydrazine groups is 1. The Morgan fingerprint density at radius 3 is 2.63 bits per heavy atom. The summed E-state index contributed by atoms with van der Waals surface area (Å²) in [5.74, 6) is 4.93. The first-order valence-corrected chi connectivity index (χ1v) is 6.61. The molecule has 1 aliphatic rings. The predicted molar refractivity (Wildman–Crippen MR) is 69.3 cm³/mol. The third-order valence-corrected chi connectivity index (χ3v) is 3.76. The van der Waals surface area contributed by atoms with Crippen molar-refractivity contribution in [3.8, 4) is 0 Å². The molecule has 0 aromatic heterocycles. The van der Waals surface area contributed by atoms with Gasteiger partial charge in [0.2, 0.25) is 0 Å². The van der Waals surface area contributed by atoms with E-state index in [0.717, 1.165) is 38.5 Å². The standard InChI is InChI=1S/C14H20F2N2O/c1-9-6-11(13(16)8-12(9)15)14(18-17)7-10-2-4-19-5-3-10/h6,8,10,14,18H,2-5,7,17H2,1H3. The lowest BCUT2D eigenvalue weighted by Crippen LogP contribution is -2.31. The molecule has 1 aliphatic heterocycles. The molecular weight excluding hydrogens is 250 g/mol. The zero-order valence-electron chi connectivity index (χ0n) is 11.1.